The fraction of sp³-hybridized carbons (Fsp3) is 0.273. The van der Waals surface area contributed by atoms with Crippen LogP contribution < -0.4 is 0 Å². The molecule has 1 aliphatic carbocycles. The maximum Gasteiger partial charge on any atom is 0.304 e. The lowest BCUT2D eigenvalue weighted by atomic mass is 9.83. The molecule has 2 aliphatic rings. The van der Waals surface area contributed by atoms with Crippen LogP contribution in [-0.4, -0.2) is 5.11 Å². The first kappa shape index (κ1) is 16.0. The molecule has 25 heavy (non-hydrogen) atoms. The standard InChI is InChI=1S/C22H22O3/c1-16-14-21(23,15-17(16)2)19-10-6-7-11-20(19)22(24-12-13-25-22)18-8-4-3-5-9-18/h3-14,17,23H,15H2,1-2H3. The fourth-order valence-electron chi connectivity index (χ4n) is 3.89. The lowest BCUT2D eigenvalue weighted by Gasteiger charge is -2.34. The molecule has 0 aromatic heterocycles. The number of rotatable bonds is 3. The molecule has 0 bridgehead atoms. The van der Waals surface area contributed by atoms with Gasteiger partial charge in [0.1, 0.15) is 18.1 Å². The number of hydrogen-bond acceptors (Lipinski definition) is 3. The number of benzene rings is 2. The van der Waals surface area contributed by atoms with Crippen LogP contribution in [0.2, 0.25) is 0 Å². The first-order chi connectivity index (χ1) is 12.1. The highest BCUT2D eigenvalue weighted by Gasteiger charge is 2.46. The summed E-state index contributed by atoms with van der Waals surface area (Å²) in [5.74, 6) is -0.726. The third-order valence-electron chi connectivity index (χ3n) is 5.29. The van der Waals surface area contributed by atoms with Crippen molar-refractivity contribution in [3.8, 4) is 0 Å². The van der Waals surface area contributed by atoms with Crippen LogP contribution in [0.4, 0.5) is 0 Å². The van der Waals surface area contributed by atoms with E-state index in [1.165, 1.54) is 5.57 Å². The van der Waals surface area contributed by atoms with E-state index in [1.807, 2.05) is 60.7 Å². The van der Waals surface area contributed by atoms with Gasteiger partial charge in [-0.25, -0.2) is 0 Å². The molecule has 128 valence electrons. The summed E-state index contributed by atoms with van der Waals surface area (Å²) in [7, 11) is 0. The molecule has 1 aliphatic heterocycles. The van der Waals surface area contributed by atoms with Crippen molar-refractivity contribution in [1.82, 2.24) is 0 Å². The number of ether oxygens (including phenoxy) is 2. The Morgan fingerprint density at radius 3 is 2.12 bits per heavy atom. The van der Waals surface area contributed by atoms with Gasteiger partial charge in [-0.2, -0.15) is 0 Å². The van der Waals surface area contributed by atoms with Crippen LogP contribution in [-0.2, 0) is 20.9 Å². The maximum atomic E-state index is 11.4. The van der Waals surface area contributed by atoms with Crippen LogP contribution in [0.3, 0.4) is 0 Å². The highest BCUT2D eigenvalue weighted by molar-refractivity contribution is 5.46. The second kappa shape index (κ2) is 5.78. The zero-order valence-corrected chi connectivity index (χ0v) is 14.5. The molecule has 1 N–H and O–H groups in total. The molecule has 0 radical (unpaired) electrons. The van der Waals surface area contributed by atoms with Crippen molar-refractivity contribution in [2.75, 3.05) is 0 Å². The second-order valence-corrected chi connectivity index (χ2v) is 6.95. The van der Waals surface area contributed by atoms with Gasteiger partial charge in [-0.1, -0.05) is 67.1 Å². The minimum absolute atomic E-state index is 0.342. The van der Waals surface area contributed by atoms with Crippen molar-refractivity contribution in [3.05, 3.63) is 95.5 Å². The zero-order chi connectivity index (χ0) is 17.5. The van der Waals surface area contributed by atoms with Crippen molar-refractivity contribution in [2.24, 2.45) is 5.92 Å². The SMILES string of the molecule is CC1=CC(O)(c2ccccc2C2(c3ccccc3)OC=CO2)CC1C. The predicted octanol–water partition coefficient (Wildman–Crippen LogP) is 4.58. The molecule has 2 aromatic rings. The van der Waals surface area contributed by atoms with E-state index in [-0.39, 0.29) is 0 Å². The molecule has 0 fully saturated rings. The van der Waals surface area contributed by atoms with Crippen LogP contribution in [0.15, 0.2) is 78.8 Å². The van der Waals surface area contributed by atoms with Crippen LogP contribution >= 0.6 is 0 Å². The van der Waals surface area contributed by atoms with Crippen LogP contribution in [0.1, 0.15) is 37.0 Å². The van der Waals surface area contributed by atoms with Crippen molar-refractivity contribution in [3.63, 3.8) is 0 Å². The van der Waals surface area contributed by atoms with E-state index in [1.54, 1.807) is 12.5 Å². The average molecular weight is 334 g/mol. The van der Waals surface area contributed by atoms with Crippen LogP contribution in [0.25, 0.3) is 0 Å². The van der Waals surface area contributed by atoms with Gasteiger partial charge in [-0.3, -0.25) is 0 Å². The average Bonchev–Trinajstić information content (AvgIpc) is 3.22. The van der Waals surface area contributed by atoms with E-state index in [4.69, 9.17) is 9.47 Å². The Bertz CT molecular complexity index is 829. The molecular formula is C22H22O3. The lowest BCUT2D eigenvalue weighted by molar-refractivity contribution is -0.115. The summed E-state index contributed by atoms with van der Waals surface area (Å²) in [5.41, 5.74) is 2.73. The topological polar surface area (TPSA) is 38.7 Å². The molecule has 2 aromatic carbocycles. The summed E-state index contributed by atoms with van der Waals surface area (Å²) in [6.07, 6.45) is 5.75. The molecule has 0 spiro atoms. The third kappa shape index (κ3) is 2.47. The van der Waals surface area contributed by atoms with Gasteiger partial charge >= 0.3 is 5.79 Å². The van der Waals surface area contributed by atoms with E-state index in [0.717, 1.165) is 16.7 Å². The van der Waals surface area contributed by atoms with Gasteiger partial charge in [0.25, 0.3) is 0 Å². The Kier molecular flexibility index (Phi) is 3.69. The molecule has 1 heterocycles. The largest absolute Gasteiger partial charge is 0.449 e. The van der Waals surface area contributed by atoms with Gasteiger partial charge in [-0.15, -0.1) is 0 Å². The normalized spacial score (nSPS) is 26.8. The highest BCUT2D eigenvalue weighted by Crippen LogP contribution is 2.47. The summed E-state index contributed by atoms with van der Waals surface area (Å²) in [6, 6.07) is 17.7. The Morgan fingerprint density at radius 2 is 1.52 bits per heavy atom. The highest BCUT2D eigenvalue weighted by atomic mass is 16.7. The van der Waals surface area contributed by atoms with Crippen molar-refractivity contribution in [2.45, 2.75) is 31.7 Å². The van der Waals surface area contributed by atoms with Gasteiger partial charge in [0.05, 0.1) is 0 Å². The first-order valence-corrected chi connectivity index (χ1v) is 8.63. The summed E-state index contributed by atoms with van der Waals surface area (Å²) < 4.78 is 12.0. The smallest absolute Gasteiger partial charge is 0.304 e. The summed E-state index contributed by atoms with van der Waals surface area (Å²) in [6.45, 7) is 4.21. The van der Waals surface area contributed by atoms with Crippen molar-refractivity contribution >= 4 is 0 Å². The van der Waals surface area contributed by atoms with Crippen molar-refractivity contribution < 1.29 is 14.6 Å². The quantitative estimate of drug-likeness (QED) is 0.835. The van der Waals surface area contributed by atoms with E-state index in [2.05, 4.69) is 13.8 Å². The number of aliphatic hydroxyl groups is 1. The van der Waals surface area contributed by atoms with E-state index in [9.17, 15) is 5.11 Å². The lowest BCUT2D eigenvalue weighted by Crippen LogP contribution is -2.34. The van der Waals surface area contributed by atoms with Crippen LogP contribution in [0.5, 0.6) is 0 Å². The molecule has 3 heteroatoms. The summed E-state index contributed by atoms with van der Waals surface area (Å²) >= 11 is 0. The molecule has 0 amide bonds. The van der Waals surface area contributed by atoms with E-state index < -0.39 is 11.4 Å². The first-order valence-electron chi connectivity index (χ1n) is 8.63. The minimum Gasteiger partial charge on any atom is -0.449 e. The maximum absolute atomic E-state index is 11.4. The molecule has 0 saturated heterocycles. The van der Waals surface area contributed by atoms with Crippen molar-refractivity contribution in [1.29, 1.82) is 0 Å². The monoisotopic (exact) mass is 334 g/mol. The molecule has 4 rings (SSSR count). The molecule has 2 atom stereocenters. The molecule has 0 saturated carbocycles. The predicted molar refractivity (Wildman–Crippen MR) is 96.4 cm³/mol. The number of hydrogen-bond donors (Lipinski definition) is 1. The molecule has 3 nitrogen and oxygen atoms in total. The van der Waals surface area contributed by atoms with Gasteiger partial charge in [0.15, 0.2) is 0 Å². The van der Waals surface area contributed by atoms with Gasteiger partial charge in [-0.05, 0) is 30.9 Å². The van der Waals surface area contributed by atoms with Crippen LogP contribution in [0, 0.1) is 5.92 Å². The second-order valence-electron chi connectivity index (χ2n) is 6.95. The van der Waals surface area contributed by atoms with E-state index >= 15 is 0 Å². The Hall–Kier alpha value is -2.52. The van der Waals surface area contributed by atoms with Gasteiger partial charge < -0.3 is 14.6 Å². The Balaban J connectivity index is 1.89. The fourth-order valence-corrected chi connectivity index (χ4v) is 3.89. The molecule has 2 unspecified atom stereocenters. The Labute approximate surface area is 148 Å². The number of allylic oxidation sites excluding steroid dienone is 1. The Morgan fingerprint density at radius 1 is 0.920 bits per heavy atom. The summed E-state index contributed by atoms with van der Waals surface area (Å²) in [4.78, 5) is 0. The van der Waals surface area contributed by atoms with Gasteiger partial charge in [0, 0.05) is 11.1 Å². The summed E-state index contributed by atoms with van der Waals surface area (Å²) in [5, 5.41) is 11.4. The zero-order valence-electron chi connectivity index (χ0n) is 14.5. The van der Waals surface area contributed by atoms with Gasteiger partial charge in [0.2, 0.25) is 0 Å². The third-order valence-corrected chi connectivity index (χ3v) is 5.29. The molecular weight excluding hydrogens is 312 g/mol. The van der Waals surface area contributed by atoms with E-state index in [0.29, 0.717) is 12.3 Å². The minimum atomic E-state index is -1.07.